The third-order valence-electron chi connectivity index (χ3n) is 7.26. The number of carboxylic acids is 3. The minimum Gasteiger partial charge on any atom is -0.475 e. The Kier molecular flexibility index (Phi) is 16.8. The molecule has 2 fully saturated rings. The molecule has 2 aromatic heterocycles. The van der Waals surface area contributed by atoms with Crippen molar-refractivity contribution in [2.24, 2.45) is 11.3 Å². The summed E-state index contributed by atoms with van der Waals surface area (Å²) in [4.78, 5) is 52.3. The Bertz CT molecular complexity index is 1410. The van der Waals surface area contributed by atoms with Crippen molar-refractivity contribution in [2.45, 2.75) is 65.2 Å². The van der Waals surface area contributed by atoms with Gasteiger partial charge in [0.15, 0.2) is 0 Å². The zero-order chi connectivity index (χ0) is 39.4. The van der Waals surface area contributed by atoms with Gasteiger partial charge in [-0.2, -0.15) is 39.5 Å². The SMILES string of the molecule is CCOC(=O)[C@]12CCCN(Cc3ccc(C)s3)C[C@H]1CN(Cc1cccc(C)n1)C2.O=C(O)C(F)(F)F.O=C(O)C(F)(F)F.O=C(O)C(F)(F)F. The van der Waals surface area contributed by atoms with Gasteiger partial charge in [0.1, 0.15) is 0 Å². The molecule has 4 heterocycles. The molecular weight excluding hydrogens is 733 g/mol. The van der Waals surface area contributed by atoms with Crippen molar-refractivity contribution in [1.29, 1.82) is 0 Å². The molecule has 0 aromatic carbocycles. The van der Waals surface area contributed by atoms with Gasteiger partial charge >= 0.3 is 42.4 Å². The van der Waals surface area contributed by atoms with Crippen LogP contribution in [0.25, 0.3) is 0 Å². The van der Waals surface area contributed by atoms with Crippen molar-refractivity contribution in [3.05, 3.63) is 51.5 Å². The lowest BCUT2D eigenvalue weighted by Crippen LogP contribution is -2.42. The summed E-state index contributed by atoms with van der Waals surface area (Å²) in [5.41, 5.74) is 1.73. The van der Waals surface area contributed by atoms with E-state index in [-0.39, 0.29) is 11.4 Å². The lowest BCUT2D eigenvalue weighted by molar-refractivity contribution is -0.193. The molecule has 11 nitrogen and oxygen atoms in total. The van der Waals surface area contributed by atoms with Crippen LogP contribution in [0.1, 0.15) is 40.9 Å². The largest absolute Gasteiger partial charge is 0.490 e. The van der Waals surface area contributed by atoms with E-state index in [2.05, 4.69) is 46.0 Å². The first-order valence-electron chi connectivity index (χ1n) is 14.8. The van der Waals surface area contributed by atoms with E-state index in [9.17, 15) is 44.3 Å². The van der Waals surface area contributed by atoms with Crippen LogP contribution in [0.15, 0.2) is 30.3 Å². The highest BCUT2D eigenvalue weighted by atomic mass is 32.1. The maximum Gasteiger partial charge on any atom is 0.490 e. The normalized spacial score (nSPS) is 19.4. The number of halogens is 9. The molecule has 0 radical (unpaired) electrons. The van der Waals surface area contributed by atoms with Crippen LogP contribution < -0.4 is 0 Å². The summed E-state index contributed by atoms with van der Waals surface area (Å²) in [6.07, 6.45) is -13.3. The van der Waals surface area contributed by atoms with Crippen LogP contribution in [0.3, 0.4) is 0 Å². The van der Waals surface area contributed by atoms with Crippen LogP contribution in [0, 0.1) is 25.2 Å². The van der Waals surface area contributed by atoms with Crippen LogP contribution in [-0.2, 0) is 37.0 Å². The number of rotatable bonds is 6. The standard InChI is InChI=1S/C24H33N3O2S.3C2HF3O2/c1-4-29-23(28)24-11-6-12-26(16-22-10-9-19(3)30-22)13-20(24)14-27(17-24)15-21-8-5-7-18(2)25-21;3*3-2(4,5)1(6)7/h5,7-10,20H,4,6,11-17H2,1-3H3;3*(H,6,7)/t20-,24-;;;/m0.../s1. The van der Waals surface area contributed by atoms with E-state index in [1.165, 1.54) is 9.75 Å². The van der Waals surface area contributed by atoms with Crippen LogP contribution in [-0.4, -0.2) is 105 Å². The van der Waals surface area contributed by atoms with Gasteiger partial charge in [0.25, 0.3) is 0 Å². The predicted octanol–water partition coefficient (Wildman–Crippen LogP) is 5.94. The fourth-order valence-corrected chi connectivity index (χ4v) is 6.13. The number of hydrogen-bond donors (Lipinski definition) is 3. The third-order valence-corrected chi connectivity index (χ3v) is 8.24. The maximum atomic E-state index is 13.2. The fourth-order valence-electron chi connectivity index (χ4n) is 5.20. The van der Waals surface area contributed by atoms with Gasteiger partial charge in [-0.1, -0.05) is 6.07 Å². The Labute approximate surface area is 289 Å². The van der Waals surface area contributed by atoms with Gasteiger partial charge in [-0.25, -0.2) is 14.4 Å². The number of aliphatic carboxylic acids is 3. The number of carbonyl (C=O) groups excluding carboxylic acids is 1. The molecule has 21 heteroatoms. The number of nitrogens with zero attached hydrogens (tertiary/aromatic N) is 3. The second-order valence-electron chi connectivity index (χ2n) is 11.3. The van der Waals surface area contributed by atoms with Gasteiger partial charge in [0, 0.05) is 54.1 Å². The van der Waals surface area contributed by atoms with Crippen molar-refractivity contribution in [1.82, 2.24) is 14.8 Å². The van der Waals surface area contributed by atoms with Gasteiger partial charge in [-0.05, 0) is 64.4 Å². The van der Waals surface area contributed by atoms with E-state index >= 15 is 0 Å². The number of ether oxygens (including phenoxy) is 1. The third kappa shape index (κ3) is 15.4. The number of thiophene rings is 1. The van der Waals surface area contributed by atoms with Gasteiger partial charge in [0.05, 0.1) is 17.7 Å². The molecule has 0 unspecified atom stereocenters. The molecule has 2 saturated heterocycles. The molecule has 288 valence electrons. The molecule has 4 rings (SSSR count). The number of likely N-dealkylation sites (tertiary alicyclic amines) is 2. The van der Waals surface area contributed by atoms with E-state index in [0.717, 1.165) is 63.5 Å². The van der Waals surface area contributed by atoms with Gasteiger partial charge < -0.3 is 20.1 Å². The molecule has 0 aliphatic carbocycles. The minimum atomic E-state index is -5.08. The lowest BCUT2D eigenvalue weighted by atomic mass is 9.75. The summed E-state index contributed by atoms with van der Waals surface area (Å²) < 4.78 is 101. The molecule has 0 saturated carbocycles. The number of carboxylic acid groups (broad SMARTS) is 3. The number of alkyl halides is 9. The molecular formula is C30H36F9N3O8S. The Hall–Kier alpha value is -3.98. The Balaban J connectivity index is 0.000000505. The molecule has 0 bridgehead atoms. The zero-order valence-electron chi connectivity index (χ0n) is 27.4. The molecule has 2 aromatic rings. The molecule has 2 atom stereocenters. The predicted molar refractivity (Wildman–Crippen MR) is 161 cm³/mol. The topological polar surface area (TPSA) is 158 Å². The number of pyridine rings is 1. The second kappa shape index (κ2) is 19.0. The van der Waals surface area contributed by atoms with E-state index in [1.54, 1.807) is 0 Å². The summed E-state index contributed by atoms with van der Waals surface area (Å²) in [6, 6.07) is 10.6. The number of hydrogen-bond acceptors (Lipinski definition) is 9. The van der Waals surface area contributed by atoms with E-state index in [4.69, 9.17) is 34.4 Å². The first-order chi connectivity index (χ1) is 23.3. The average molecular weight is 770 g/mol. The lowest BCUT2D eigenvalue weighted by Gasteiger charge is -2.31. The van der Waals surface area contributed by atoms with Crippen molar-refractivity contribution in [3.63, 3.8) is 0 Å². The van der Waals surface area contributed by atoms with Gasteiger partial charge in [-0.3, -0.25) is 19.6 Å². The second-order valence-corrected chi connectivity index (χ2v) is 12.6. The van der Waals surface area contributed by atoms with E-state index in [1.807, 2.05) is 31.3 Å². The average Bonchev–Trinajstić information content (AvgIpc) is 3.50. The van der Waals surface area contributed by atoms with Crippen molar-refractivity contribution in [3.8, 4) is 0 Å². The number of carbonyl (C=O) groups is 4. The number of aryl methyl sites for hydroxylation is 2. The Morgan fingerprint density at radius 1 is 0.843 bits per heavy atom. The van der Waals surface area contributed by atoms with Gasteiger partial charge in [-0.15, -0.1) is 11.3 Å². The van der Waals surface area contributed by atoms with E-state index in [0.29, 0.717) is 12.5 Å². The van der Waals surface area contributed by atoms with Crippen LogP contribution >= 0.6 is 11.3 Å². The first-order valence-corrected chi connectivity index (χ1v) is 15.6. The number of esters is 1. The molecule has 3 N–H and O–H groups in total. The Morgan fingerprint density at radius 2 is 1.35 bits per heavy atom. The number of aromatic nitrogens is 1. The van der Waals surface area contributed by atoms with Crippen LogP contribution in [0.5, 0.6) is 0 Å². The summed E-state index contributed by atoms with van der Waals surface area (Å²) >= 11 is 1.88. The van der Waals surface area contributed by atoms with Crippen LogP contribution in [0.4, 0.5) is 39.5 Å². The molecule has 0 amide bonds. The number of fused-ring (bicyclic) bond motifs is 1. The fraction of sp³-hybridized carbons (Fsp3) is 0.567. The Morgan fingerprint density at radius 3 is 1.78 bits per heavy atom. The van der Waals surface area contributed by atoms with Crippen molar-refractivity contribution >= 4 is 35.2 Å². The summed E-state index contributed by atoms with van der Waals surface area (Å²) in [5, 5.41) is 21.4. The van der Waals surface area contributed by atoms with Crippen molar-refractivity contribution < 1.29 is 78.7 Å². The molecule has 2 aliphatic heterocycles. The monoisotopic (exact) mass is 769 g/mol. The molecule has 0 spiro atoms. The van der Waals surface area contributed by atoms with Crippen molar-refractivity contribution in [2.75, 3.05) is 32.8 Å². The highest BCUT2D eigenvalue weighted by Crippen LogP contribution is 2.44. The highest BCUT2D eigenvalue weighted by molar-refractivity contribution is 7.11. The minimum absolute atomic E-state index is 0.00326. The quantitative estimate of drug-likeness (QED) is 0.236. The summed E-state index contributed by atoms with van der Waals surface area (Å²) in [7, 11) is 0. The highest BCUT2D eigenvalue weighted by Gasteiger charge is 2.54. The zero-order valence-corrected chi connectivity index (χ0v) is 28.2. The van der Waals surface area contributed by atoms with Gasteiger partial charge in [0.2, 0.25) is 0 Å². The smallest absolute Gasteiger partial charge is 0.475 e. The maximum absolute atomic E-state index is 13.2. The van der Waals surface area contributed by atoms with Crippen LogP contribution in [0.2, 0.25) is 0 Å². The molecule has 51 heavy (non-hydrogen) atoms. The summed E-state index contributed by atoms with van der Waals surface area (Å²) in [5.74, 6) is -7.97. The molecule has 2 aliphatic rings. The summed E-state index contributed by atoms with van der Waals surface area (Å²) in [6.45, 7) is 12.0. The first kappa shape index (κ1) is 45.0. The van der Waals surface area contributed by atoms with E-state index < -0.39 is 36.4 Å².